The number of aromatic hydroxyl groups is 1. The lowest BCUT2D eigenvalue weighted by Crippen LogP contribution is -2.31. The van der Waals surface area contributed by atoms with Gasteiger partial charge in [0.15, 0.2) is 11.5 Å². The van der Waals surface area contributed by atoms with Gasteiger partial charge in [0.1, 0.15) is 17.1 Å². The first-order chi connectivity index (χ1) is 17.4. The Labute approximate surface area is 211 Å². The van der Waals surface area contributed by atoms with Crippen LogP contribution in [-0.2, 0) is 0 Å². The second kappa shape index (κ2) is 11.0. The molecule has 0 aliphatic carbocycles. The van der Waals surface area contributed by atoms with E-state index in [9.17, 15) is 15.0 Å². The molecule has 3 N–H and O–H groups in total. The molecule has 0 radical (unpaired) electrons. The molecule has 1 aliphatic rings. The number of phenolic OH excluding ortho intramolecular Hbond substituents is 1. The number of unbranched alkanes of at least 4 members (excludes halogenated alkanes) is 1. The number of aliphatic hydroxyl groups excluding tert-OH is 1. The minimum atomic E-state index is -0.461. The summed E-state index contributed by atoms with van der Waals surface area (Å²) >= 11 is 0. The van der Waals surface area contributed by atoms with Crippen LogP contribution >= 0.6 is 0 Å². The highest BCUT2D eigenvalue weighted by atomic mass is 16.5. The Hall–Kier alpha value is -3.52. The van der Waals surface area contributed by atoms with E-state index in [1.807, 2.05) is 51.1 Å². The summed E-state index contributed by atoms with van der Waals surface area (Å²) < 4.78 is 11.9. The molecule has 1 atom stereocenters. The number of fused-ring (bicyclic) bond motifs is 1. The minimum Gasteiger partial charge on any atom is -0.507 e. The third kappa shape index (κ3) is 4.78. The highest BCUT2D eigenvalue weighted by Crippen LogP contribution is 2.46. The number of carbonyl (C=O) groups excluding carboxylic acids is 1. The second-order valence-corrected chi connectivity index (χ2v) is 9.16. The Balaban J connectivity index is 1.84. The van der Waals surface area contributed by atoms with E-state index >= 15 is 0 Å². The van der Waals surface area contributed by atoms with Gasteiger partial charge in [-0.2, -0.15) is 5.10 Å². The van der Waals surface area contributed by atoms with Crippen LogP contribution in [0.3, 0.4) is 0 Å². The summed E-state index contributed by atoms with van der Waals surface area (Å²) in [5.41, 5.74) is 4.80. The lowest BCUT2D eigenvalue weighted by molar-refractivity contribution is 0.0732. The van der Waals surface area contributed by atoms with Gasteiger partial charge in [-0.15, -0.1) is 0 Å². The van der Waals surface area contributed by atoms with Crippen molar-refractivity contribution in [3.63, 3.8) is 0 Å². The zero-order valence-electron chi connectivity index (χ0n) is 21.4. The molecular weight excluding hydrogens is 458 g/mol. The summed E-state index contributed by atoms with van der Waals surface area (Å²) in [7, 11) is 0. The van der Waals surface area contributed by atoms with Crippen LogP contribution in [0.5, 0.6) is 17.2 Å². The summed E-state index contributed by atoms with van der Waals surface area (Å²) in [5.74, 6) is 1.24. The van der Waals surface area contributed by atoms with E-state index < -0.39 is 6.04 Å². The molecule has 8 nitrogen and oxygen atoms in total. The molecule has 0 bridgehead atoms. The van der Waals surface area contributed by atoms with Gasteiger partial charge in [0.25, 0.3) is 5.91 Å². The summed E-state index contributed by atoms with van der Waals surface area (Å²) in [6.45, 7) is 9.27. The molecular formula is C28H35N3O5. The molecule has 36 heavy (non-hydrogen) atoms. The summed E-state index contributed by atoms with van der Waals surface area (Å²) in [6.07, 6.45) is 2.42. The average molecular weight is 494 g/mol. The van der Waals surface area contributed by atoms with Crippen LogP contribution in [0.15, 0.2) is 30.3 Å². The largest absolute Gasteiger partial charge is 0.507 e. The van der Waals surface area contributed by atoms with Crippen molar-refractivity contribution in [1.82, 2.24) is 15.1 Å². The predicted molar refractivity (Wildman–Crippen MR) is 138 cm³/mol. The quantitative estimate of drug-likeness (QED) is 0.328. The van der Waals surface area contributed by atoms with Crippen molar-refractivity contribution in [2.75, 3.05) is 26.4 Å². The maximum Gasteiger partial charge on any atom is 0.273 e. The van der Waals surface area contributed by atoms with Gasteiger partial charge in [0, 0.05) is 24.3 Å². The van der Waals surface area contributed by atoms with Crippen molar-refractivity contribution in [2.24, 2.45) is 0 Å². The minimum absolute atomic E-state index is 0.0260. The molecule has 1 unspecified atom stereocenters. The number of aromatic amines is 1. The molecule has 0 spiro atoms. The van der Waals surface area contributed by atoms with E-state index in [0.29, 0.717) is 60.2 Å². The normalized spacial score (nSPS) is 14.9. The maximum atomic E-state index is 13.5. The van der Waals surface area contributed by atoms with Gasteiger partial charge in [-0.1, -0.05) is 25.5 Å². The lowest BCUT2D eigenvalue weighted by atomic mass is 9.94. The zero-order chi connectivity index (χ0) is 25.8. The molecule has 4 rings (SSSR count). The highest BCUT2D eigenvalue weighted by molar-refractivity contribution is 6.00. The Morgan fingerprint density at radius 1 is 1.08 bits per heavy atom. The third-order valence-corrected chi connectivity index (χ3v) is 6.46. The number of rotatable bonds is 11. The molecule has 1 amide bonds. The van der Waals surface area contributed by atoms with Crippen molar-refractivity contribution < 1.29 is 24.5 Å². The number of aryl methyl sites for hydroxylation is 2. The molecule has 0 saturated heterocycles. The first-order valence-electron chi connectivity index (χ1n) is 12.6. The fraction of sp³-hybridized carbons (Fsp3) is 0.429. The number of amides is 1. The number of nitrogens with zero attached hydrogens (tertiary/aromatic N) is 2. The SMILES string of the molecule is CCCCOc1ccc(C2c3c(-c4cc(C)cc(C)c4O)n[nH]c3C(=O)N2CCCO)cc1OCC. The number of H-pyrrole nitrogens is 1. The number of hydrogen-bond acceptors (Lipinski definition) is 6. The Kier molecular flexibility index (Phi) is 7.84. The van der Waals surface area contributed by atoms with Gasteiger partial charge >= 0.3 is 0 Å². The lowest BCUT2D eigenvalue weighted by Gasteiger charge is -2.27. The molecule has 1 aromatic heterocycles. The number of hydrogen-bond donors (Lipinski definition) is 3. The molecule has 0 saturated carbocycles. The van der Waals surface area contributed by atoms with E-state index in [-0.39, 0.29) is 18.3 Å². The van der Waals surface area contributed by atoms with Crippen LogP contribution in [0.1, 0.15) is 71.9 Å². The van der Waals surface area contributed by atoms with Gasteiger partial charge < -0.3 is 24.6 Å². The van der Waals surface area contributed by atoms with Gasteiger partial charge in [0.05, 0.1) is 19.3 Å². The summed E-state index contributed by atoms with van der Waals surface area (Å²) in [6, 6.07) is 9.08. The van der Waals surface area contributed by atoms with Crippen molar-refractivity contribution in [3.8, 4) is 28.5 Å². The van der Waals surface area contributed by atoms with Gasteiger partial charge in [-0.05, 0) is 68.5 Å². The summed E-state index contributed by atoms with van der Waals surface area (Å²) in [5, 5.41) is 27.8. The number of aromatic nitrogens is 2. The van der Waals surface area contributed by atoms with Crippen molar-refractivity contribution >= 4 is 5.91 Å². The molecule has 192 valence electrons. The molecule has 2 heterocycles. The number of aliphatic hydroxyl groups is 1. The number of nitrogens with one attached hydrogen (secondary N) is 1. The van der Waals surface area contributed by atoms with E-state index in [0.717, 1.165) is 29.5 Å². The van der Waals surface area contributed by atoms with Crippen LogP contribution in [0, 0.1) is 13.8 Å². The van der Waals surface area contributed by atoms with E-state index in [2.05, 4.69) is 17.1 Å². The third-order valence-electron chi connectivity index (χ3n) is 6.46. The number of benzene rings is 2. The molecule has 8 heteroatoms. The Morgan fingerprint density at radius 2 is 1.89 bits per heavy atom. The first kappa shape index (κ1) is 25.6. The van der Waals surface area contributed by atoms with Crippen LogP contribution in [0.4, 0.5) is 0 Å². The Morgan fingerprint density at radius 3 is 2.61 bits per heavy atom. The standard InChI is InChI=1S/C28H35N3O5/c1-5-7-13-36-21-10-9-19(16-22(21)35-6-2)26-23-24(20-15-17(3)14-18(4)27(20)33)29-30-25(23)28(34)31(26)11-8-12-32/h9-10,14-16,26,32-33H,5-8,11-13H2,1-4H3,(H,29,30). The van der Waals surface area contributed by atoms with Crippen LogP contribution in [0.2, 0.25) is 0 Å². The smallest absolute Gasteiger partial charge is 0.273 e. The number of ether oxygens (including phenoxy) is 2. The van der Waals surface area contributed by atoms with Crippen LogP contribution in [-0.4, -0.2) is 57.6 Å². The topological polar surface area (TPSA) is 108 Å². The monoisotopic (exact) mass is 493 g/mol. The molecule has 2 aromatic carbocycles. The Bertz CT molecular complexity index is 1240. The van der Waals surface area contributed by atoms with E-state index in [1.54, 1.807) is 4.90 Å². The van der Waals surface area contributed by atoms with Crippen LogP contribution in [0.25, 0.3) is 11.3 Å². The zero-order valence-corrected chi connectivity index (χ0v) is 21.4. The summed E-state index contributed by atoms with van der Waals surface area (Å²) in [4.78, 5) is 15.2. The number of phenols is 1. The van der Waals surface area contributed by atoms with Crippen LogP contribution < -0.4 is 9.47 Å². The molecule has 0 fully saturated rings. The van der Waals surface area contributed by atoms with Crippen molar-refractivity contribution in [1.29, 1.82) is 0 Å². The second-order valence-electron chi connectivity index (χ2n) is 9.16. The van der Waals surface area contributed by atoms with Gasteiger partial charge in [0.2, 0.25) is 0 Å². The van der Waals surface area contributed by atoms with Crippen molar-refractivity contribution in [3.05, 3.63) is 58.3 Å². The predicted octanol–water partition coefficient (Wildman–Crippen LogP) is 4.90. The van der Waals surface area contributed by atoms with E-state index in [4.69, 9.17) is 9.47 Å². The highest BCUT2D eigenvalue weighted by Gasteiger charge is 2.42. The fourth-order valence-corrected chi connectivity index (χ4v) is 4.77. The fourth-order valence-electron chi connectivity index (χ4n) is 4.77. The van der Waals surface area contributed by atoms with Gasteiger partial charge in [-0.25, -0.2) is 0 Å². The maximum absolute atomic E-state index is 13.5. The molecule has 1 aliphatic heterocycles. The average Bonchev–Trinajstić information content (AvgIpc) is 3.40. The van der Waals surface area contributed by atoms with Crippen molar-refractivity contribution in [2.45, 2.75) is 53.0 Å². The number of carbonyl (C=O) groups is 1. The van der Waals surface area contributed by atoms with Gasteiger partial charge in [-0.3, -0.25) is 9.89 Å². The molecule has 3 aromatic rings. The van der Waals surface area contributed by atoms with E-state index in [1.165, 1.54) is 0 Å². The first-order valence-corrected chi connectivity index (χ1v) is 12.6.